The van der Waals surface area contributed by atoms with E-state index in [4.69, 9.17) is 16.7 Å². The largest absolute Gasteiger partial charge is 0.396 e. The Balaban J connectivity index is 2.75. The maximum Gasteiger partial charge on any atom is 0.0682 e. The third-order valence-corrected chi connectivity index (χ3v) is 1.25. The number of hydrogen-bond donors (Lipinski definition) is 1. The second-order valence-corrected chi connectivity index (χ2v) is 2.28. The van der Waals surface area contributed by atoms with Crippen LogP contribution in [0.1, 0.15) is 5.69 Å². The Kier molecular flexibility index (Phi) is 2.59. The molecule has 0 aliphatic rings. The van der Waals surface area contributed by atoms with Gasteiger partial charge in [-0.05, 0) is 6.07 Å². The molecule has 0 aliphatic heterocycles. The molecule has 1 rings (SSSR count). The third kappa shape index (κ3) is 1.93. The summed E-state index contributed by atoms with van der Waals surface area (Å²) in [5.41, 5.74) is 0.718. The van der Waals surface area contributed by atoms with Crippen LogP contribution in [0.2, 0.25) is 5.02 Å². The molecule has 0 unspecified atom stereocenters. The van der Waals surface area contributed by atoms with E-state index in [1.807, 2.05) is 0 Å². The van der Waals surface area contributed by atoms with E-state index < -0.39 is 0 Å². The van der Waals surface area contributed by atoms with Gasteiger partial charge in [-0.15, -0.1) is 0 Å². The standard InChI is InChI=1S/C6H7ClN2O/c7-5-3-6(1-2-10)9-8-4-5/h3-4,10H,1-2H2. The van der Waals surface area contributed by atoms with Crippen molar-refractivity contribution in [2.45, 2.75) is 6.42 Å². The minimum atomic E-state index is 0.0784. The zero-order valence-corrected chi connectivity index (χ0v) is 6.04. The molecule has 0 atom stereocenters. The van der Waals surface area contributed by atoms with E-state index in [9.17, 15) is 0 Å². The first-order chi connectivity index (χ1) is 4.83. The summed E-state index contributed by atoms with van der Waals surface area (Å²) < 4.78 is 0. The van der Waals surface area contributed by atoms with Crippen LogP contribution in [-0.4, -0.2) is 21.9 Å². The summed E-state index contributed by atoms with van der Waals surface area (Å²) in [5, 5.41) is 16.4. The molecule has 1 N–H and O–H groups in total. The minimum absolute atomic E-state index is 0.0784. The molecule has 1 heterocycles. The second-order valence-electron chi connectivity index (χ2n) is 1.84. The van der Waals surface area contributed by atoms with Crippen molar-refractivity contribution in [1.82, 2.24) is 10.2 Å². The zero-order valence-electron chi connectivity index (χ0n) is 5.29. The molecule has 0 spiro atoms. The van der Waals surface area contributed by atoms with Gasteiger partial charge in [0.2, 0.25) is 0 Å². The number of aliphatic hydroxyl groups is 1. The molecule has 0 saturated carbocycles. The summed E-state index contributed by atoms with van der Waals surface area (Å²) in [6.07, 6.45) is 1.97. The van der Waals surface area contributed by atoms with Crippen molar-refractivity contribution >= 4 is 11.6 Å². The van der Waals surface area contributed by atoms with Crippen LogP contribution >= 0.6 is 11.6 Å². The molecule has 0 fully saturated rings. The van der Waals surface area contributed by atoms with E-state index in [0.29, 0.717) is 11.4 Å². The smallest absolute Gasteiger partial charge is 0.0682 e. The van der Waals surface area contributed by atoms with Crippen molar-refractivity contribution < 1.29 is 5.11 Å². The molecule has 10 heavy (non-hydrogen) atoms. The number of rotatable bonds is 2. The predicted octanol–water partition coefficient (Wildman–Crippen LogP) is 0.665. The molecule has 1 aromatic rings. The van der Waals surface area contributed by atoms with Gasteiger partial charge in [-0.3, -0.25) is 0 Å². The van der Waals surface area contributed by atoms with Crippen molar-refractivity contribution in [3.63, 3.8) is 0 Å². The van der Waals surface area contributed by atoms with Gasteiger partial charge in [-0.1, -0.05) is 11.6 Å². The number of aromatic nitrogens is 2. The minimum Gasteiger partial charge on any atom is -0.396 e. The number of hydrogen-bond acceptors (Lipinski definition) is 3. The molecule has 0 aliphatic carbocycles. The summed E-state index contributed by atoms with van der Waals surface area (Å²) in [4.78, 5) is 0. The number of aliphatic hydroxyl groups excluding tert-OH is 1. The molecule has 0 bridgehead atoms. The highest BCUT2D eigenvalue weighted by Crippen LogP contribution is 2.05. The Morgan fingerprint density at radius 3 is 3.00 bits per heavy atom. The quantitative estimate of drug-likeness (QED) is 0.688. The summed E-state index contributed by atoms with van der Waals surface area (Å²) in [6.45, 7) is 0.0784. The molecule has 3 nitrogen and oxygen atoms in total. The van der Waals surface area contributed by atoms with Gasteiger partial charge in [0.25, 0.3) is 0 Å². The molecule has 54 valence electrons. The molecule has 0 saturated heterocycles. The maximum atomic E-state index is 8.50. The van der Waals surface area contributed by atoms with Gasteiger partial charge < -0.3 is 5.11 Å². The lowest BCUT2D eigenvalue weighted by Gasteiger charge is -1.93. The van der Waals surface area contributed by atoms with E-state index in [0.717, 1.165) is 5.69 Å². The highest BCUT2D eigenvalue weighted by molar-refractivity contribution is 6.30. The molecule has 4 heteroatoms. The molecular weight excluding hydrogens is 152 g/mol. The zero-order chi connectivity index (χ0) is 7.40. The molecule has 0 radical (unpaired) electrons. The van der Waals surface area contributed by atoms with Crippen LogP contribution in [0.25, 0.3) is 0 Å². The maximum absolute atomic E-state index is 8.50. The predicted molar refractivity (Wildman–Crippen MR) is 37.8 cm³/mol. The monoisotopic (exact) mass is 158 g/mol. The highest BCUT2D eigenvalue weighted by atomic mass is 35.5. The fourth-order valence-electron chi connectivity index (χ4n) is 0.620. The van der Waals surface area contributed by atoms with Crippen LogP contribution < -0.4 is 0 Å². The average Bonchev–Trinajstić information content (AvgIpc) is 1.88. The van der Waals surface area contributed by atoms with E-state index in [2.05, 4.69) is 10.2 Å². The van der Waals surface area contributed by atoms with Crippen LogP contribution in [0.5, 0.6) is 0 Å². The Morgan fingerprint density at radius 1 is 1.60 bits per heavy atom. The van der Waals surface area contributed by atoms with Gasteiger partial charge >= 0.3 is 0 Å². The lowest BCUT2D eigenvalue weighted by atomic mass is 10.3. The van der Waals surface area contributed by atoms with Crippen molar-refractivity contribution in [3.8, 4) is 0 Å². The lowest BCUT2D eigenvalue weighted by Crippen LogP contribution is -1.95. The van der Waals surface area contributed by atoms with Crippen molar-refractivity contribution in [1.29, 1.82) is 0 Å². The Bertz CT molecular complexity index is 217. The highest BCUT2D eigenvalue weighted by Gasteiger charge is 1.93. The first-order valence-corrected chi connectivity index (χ1v) is 3.28. The van der Waals surface area contributed by atoms with Crippen LogP contribution in [-0.2, 0) is 6.42 Å². The summed E-state index contributed by atoms with van der Waals surface area (Å²) in [7, 11) is 0. The molecule has 0 aromatic carbocycles. The van der Waals surface area contributed by atoms with Gasteiger partial charge in [0.1, 0.15) is 0 Å². The van der Waals surface area contributed by atoms with Crippen LogP contribution in [0.4, 0.5) is 0 Å². The molecule has 0 amide bonds. The van der Waals surface area contributed by atoms with E-state index >= 15 is 0 Å². The number of nitrogens with zero attached hydrogens (tertiary/aromatic N) is 2. The topological polar surface area (TPSA) is 46.0 Å². The third-order valence-electron chi connectivity index (χ3n) is 1.04. The van der Waals surface area contributed by atoms with E-state index in [1.54, 1.807) is 6.07 Å². The lowest BCUT2D eigenvalue weighted by molar-refractivity contribution is 0.298. The fourth-order valence-corrected chi connectivity index (χ4v) is 0.790. The normalized spacial score (nSPS) is 9.80. The Morgan fingerprint density at radius 2 is 2.40 bits per heavy atom. The second kappa shape index (κ2) is 3.49. The Hall–Kier alpha value is -0.670. The summed E-state index contributed by atoms with van der Waals surface area (Å²) >= 11 is 5.60. The van der Waals surface area contributed by atoms with Crippen molar-refractivity contribution in [2.24, 2.45) is 0 Å². The summed E-state index contributed by atoms with van der Waals surface area (Å²) in [5.74, 6) is 0. The van der Waals surface area contributed by atoms with Crippen LogP contribution in [0.15, 0.2) is 12.3 Å². The van der Waals surface area contributed by atoms with Crippen molar-refractivity contribution in [3.05, 3.63) is 23.0 Å². The van der Waals surface area contributed by atoms with Crippen LogP contribution in [0.3, 0.4) is 0 Å². The summed E-state index contributed by atoms with van der Waals surface area (Å²) in [6, 6.07) is 1.69. The van der Waals surface area contributed by atoms with E-state index in [1.165, 1.54) is 6.20 Å². The van der Waals surface area contributed by atoms with Gasteiger partial charge in [0.15, 0.2) is 0 Å². The fraction of sp³-hybridized carbons (Fsp3) is 0.333. The SMILES string of the molecule is OCCc1cc(Cl)cnn1. The van der Waals surface area contributed by atoms with Gasteiger partial charge in [-0.2, -0.15) is 10.2 Å². The Labute approximate surface area is 63.7 Å². The average molecular weight is 159 g/mol. The first kappa shape index (κ1) is 7.44. The van der Waals surface area contributed by atoms with Gasteiger partial charge in [-0.25, -0.2) is 0 Å². The molecule has 1 aromatic heterocycles. The number of halogens is 1. The van der Waals surface area contributed by atoms with Gasteiger partial charge in [0.05, 0.1) is 16.9 Å². The molecular formula is C6H7ClN2O. The van der Waals surface area contributed by atoms with Crippen LogP contribution in [0, 0.1) is 0 Å². The van der Waals surface area contributed by atoms with Crippen molar-refractivity contribution in [2.75, 3.05) is 6.61 Å². The van der Waals surface area contributed by atoms with Gasteiger partial charge in [0, 0.05) is 13.0 Å². The van der Waals surface area contributed by atoms with E-state index in [-0.39, 0.29) is 6.61 Å². The first-order valence-electron chi connectivity index (χ1n) is 2.91.